The first-order valence-electron chi connectivity index (χ1n) is 7.24. The first-order valence-corrected chi connectivity index (χ1v) is 8.22. The van der Waals surface area contributed by atoms with Crippen LogP contribution in [0.2, 0.25) is 0 Å². The van der Waals surface area contributed by atoms with Gasteiger partial charge in [0.25, 0.3) is 0 Å². The van der Waals surface area contributed by atoms with Gasteiger partial charge in [0.15, 0.2) is 0 Å². The summed E-state index contributed by atoms with van der Waals surface area (Å²) in [6.07, 6.45) is 1.35. The number of amides is 1. The van der Waals surface area contributed by atoms with Crippen molar-refractivity contribution in [1.82, 2.24) is 4.90 Å². The maximum absolute atomic E-state index is 11.8. The van der Waals surface area contributed by atoms with Crippen molar-refractivity contribution in [2.45, 2.75) is 38.5 Å². The Bertz CT molecular complexity index is 498. The van der Waals surface area contributed by atoms with Crippen LogP contribution < -0.4 is 0 Å². The Balaban J connectivity index is 2.45. The molecular formula is C16H23NO3S. The van der Waals surface area contributed by atoms with Crippen LogP contribution in [0.1, 0.15) is 42.6 Å². The Hall–Kier alpha value is -1.49. The number of carboxylic acids is 1. The maximum Gasteiger partial charge on any atom is 0.335 e. The summed E-state index contributed by atoms with van der Waals surface area (Å²) in [5.74, 6) is 0.108. The van der Waals surface area contributed by atoms with Gasteiger partial charge in [-0.15, -0.1) is 11.8 Å². The third-order valence-corrected chi connectivity index (χ3v) is 4.44. The van der Waals surface area contributed by atoms with E-state index in [1.807, 2.05) is 30.9 Å². The quantitative estimate of drug-likeness (QED) is 0.590. The van der Waals surface area contributed by atoms with Crippen molar-refractivity contribution >= 4 is 23.6 Å². The molecular weight excluding hydrogens is 286 g/mol. The summed E-state index contributed by atoms with van der Waals surface area (Å²) in [6.45, 7) is 7.26. The third kappa shape index (κ3) is 5.42. The number of benzene rings is 1. The minimum atomic E-state index is -0.897. The molecule has 116 valence electrons. The molecule has 0 saturated heterocycles. The average Bonchev–Trinajstić information content (AvgIpc) is 2.46. The summed E-state index contributed by atoms with van der Waals surface area (Å²) in [6, 6.07) is 5.46. The van der Waals surface area contributed by atoms with Gasteiger partial charge >= 0.3 is 5.97 Å². The van der Waals surface area contributed by atoms with Gasteiger partial charge in [-0.3, -0.25) is 4.79 Å². The molecule has 0 unspecified atom stereocenters. The van der Waals surface area contributed by atoms with Crippen molar-refractivity contribution in [3.05, 3.63) is 29.3 Å². The van der Waals surface area contributed by atoms with Crippen LogP contribution in [0.4, 0.5) is 0 Å². The van der Waals surface area contributed by atoms with Crippen molar-refractivity contribution in [3.8, 4) is 0 Å². The lowest BCUT2D eigenvalue weighted by Gasteiger charge is -2.18. The fraction of sp³-hybridized carbons (Fsp3) is 0.500. The highest BCUT2D eigenvalue weighted by molar-refractivity contribution is 7.99. The molecule has 21 heavy (non-hydrogen) atoms. The van der Waals surface area contributed by atoms with Gasteiger partial charge in [0.05, 0.1) is 5.56 Å². The van der Waals surface area contributed by atoms with Crippen molar-refractivity contribution in [2.75, 3.05) is 18.8 Å². The number of carbonyl (C=O) groups excluding carboxylic acids is 1. The van der Waals surface area contributed by atoms with E-state index in [1.54, 1.807) is 24.8 Å². The Labute approximate surface area is 130 Å². The van der Waals surface area contributed by atoms with Crippen LogP contribution in [0.3, 0.4) is 0 Å². The van der Waals surface area contributed by atoms with Gasteiger partial charge in [-0.05, 0) is 50.6 Å². The summed E-state index contributed by atoms with van der Waals surface area (Å²) >= 11 is 1.60. The Morgan fingerprint density at radius 3 is 2.48 bits per heavy atom. The number of thioether (sulfide) groups is 1. The number of nitrogens with zero attached hydrogens (tertiary/aromatic N) is 1. The Kier molecular flexibility index (Phi) is 7.29. The molecule has 0 aliphatic carbocycles. The van der Waals surface area contributed by atoms with E-state index in [0.717, 1.165) is 35.7 Å². The van der Waals surface area contributed by atoms with Crippen LogP contribution in [0.5, 0.6) is 0 Å². The molecule has 0 atom stereocenters. The molecule has 4 nitrogen and oxygen atoms in total. The lowest BCUT2D eigenvalue weighted by Crippen LogP contribution is -2.30. The molecule has 0 heterocycles. The van der Waals surface area contributed by atoms with Gasteiger partial charge in [0, 0.05) is 24.4 Å². The molecule has 1 aromatic rings. The van der Waals surface area contributed by atoms with E-state index in [9.17, 15) is 9.59 Å². The highest BCUT2D eigenvalue weighted by Crippen LogP contribution is 2.22. The molecule has 5 heteroatoms. The SMILES string of the molecule is CCN(CC)C(=O)CCCSc1ccc(C)c(C(=O)O)c1. The van der Waals surface area contributed by atoms with Crippen LogP contribution in [-0.4, -0.2) is 40.7 Å². The fourth-order valence-corrected chi connectivity index (χ4v) is 2.96. The third-order valence-electron chi connectivity index (χ3n) is 3.36. The van der Waals surface area contributed by atoms with E-state index < -0.39 is 5.97 Å². The van der Waals surface area contributed by atoms with Crippen molar-refractivity contribution < 1.29 is 14.7 Å². The average molecular weight is 309 g/mol. The number of hydrogen-bond donors (Lipinski definition) is 1. The predicted molar refractivity (Wildman–Crippen MR) is 86.0 cm³/mol. The number of carbonyl (C=O) groups is 2. The summed E-state index contributed by atoms with van der Waals surface area (Å²) < 4.78 is 0. The lowest BCUT2D eigenvalue weighted by atomic mass is 10.1. The standard InChI is InChI=1S/C16H23NO3S/c1-4-17(5-2)15(18)7-6-10-21-13-9-8-12(3)14(11-13)16(19)20/h8-9,11H,4-7,10H2,1-3H3,(H,19,20). The molecule has 1 aromatic carbocycles. The molecule has 0 aromatic heterocycles. The van der Waals surface area contributed by atoms with E-state index >= 15 is 0 Å². The second-order valence-electron chi connectivity index (χ2n) is 4.80. The Morgan fingerprint density at radius 2 is 1.90 bits per heavy atom. The topological polar surface area (TPSA) is 57.6 Å². The zero-order chi connectivity index (χ0) is 15.8. The van der Waals surface area contributed by atoms with Gasteiger partial charge in [-0.1, -0.05) is 6.07 Å². The summed E-state index contributed by atoms with van der Waals surface area (Å²) in [5.41, 5.74) is 1.11. The molecule has 1 rings (SSSR count). The van der Waals surface area contributed by atoms with Crippen molar-refractivity contribution in [2.24, 2.45) is 0 Å². The number of aryl methyl sites for hydroxylation is 1. The predicted octanol–water partition coefficient (Wildman–Crippen LogP) is 3.43. The summed E-state index contributed by atoms with van der Waals surface area (Å²) in [5, 5.41) is 9.09. The van der Waals surface area contributed by atoms with Crippen molar-refractivity contribution in [1.29, 1.82) is 0 Å². The highest BCUT2D eigenvalue weighted by atomic mass is 32.2. The van der Waals surface area contributed by atoms with Crippen LogP contribution in [-0.2, 0) is 4.79 Å². The zero-order valence-corrected chi connectivity index (χ0v) is 13.7. The van der Waals surface area contributed by atoms with Crippen LogP contribution in [0.15, 0.2) is 23.1 Å². The van der Waals surface area contributed by atoms with E-state index in [1.165, 1.54) is 0 Å². The van der Waals surface area contributed by atoms with Gasteiger partial charge in [-0.2, -0.15) is 0 Å². The molecule has 0 radical (unpaired) electrons. The fourth-order valence-electron chi connectivity index (χ4n) is 2.07. The number of carboxylic acid groups (broad SMARTS) is 1. The number of rotatable bonds is 8. The van der Waals surface area contributed by atoms with E-state index in [0.29, 0.717) is 12.0 Å². The second kappa shape index (κ2) is 8.72. The monoisotopic (exact) mass is 309 g/mol. The molecule has 0 fully saturated rings. The molecule has 0 saturated carbocycles. The van der Waals surface area contributed by atoms with E-state index in [2.05, 4.69) is 0 Å². The smallest absolute Gasteiger partial charge is 0.335 e. The van der Waals surface area contributed by atoms with Crippen LogP contribution >= 0.6 is 11.8 Å². The van der Waals surface area contributed by atoms with Gasteiger partial charge in [0.2, 0.25) is 5.91 Å². The minimum absolute atomic E-state index is 0.190. The lowest BCUT2D eigenvalue weighted by molar-refractivity contribution is -0.130. The first-order chi connectivity index (χ1) is 9.99. The molecule has 0 aliphatic heterocycles. The van der Waals surface area contributed by atoms with E-state index in [-0.39, 0.29) is 5.91 Å². The summed E-state index contributed by atoms with van der Waals surface area (Å²) in [4.78, 5) is 25.7. The van der Waals surface area contributed by atoms with Crippen LogP contribution in [0.25, 0.3) is 0 Å². The molecule has 1 amide bonds. The molecule has 0 spiro atoms. The Morgan fingerprint density at radius 1 is 1.24 bits per heavy atom. The van der Waals surface area contributed by atoms with Crippen molar-refractivity contribution in [3.63, 3.8) is 0 Å². The summed E-state index contributed by atoms with van der Waals surface area (Å²) in [7, 11) is 0. The van der Waals surface area contributed by atoms with Gasteiger partial charge < -0.3 is 10.0 Å². The van der Waals surface area contributed by atoms with Gasteiger partial charge in [0.1, 0.15) is 0 Å². The molecule has 0 bridgehead atoms. The maximum atomic E-state index is 11.8. The normalized spacial score (nSPS) is 10.4. The minimum Gasteiger partial charge on any atom is -0.478 e. The van der Waals surface area contributed by atoms with Crippen LogP contribution in [0, 0.1) is 6.92 Å². The second-order valence-corrected chi connectivity index (χ2v) is 5.97. The molecule has 0 aliphatic rings. The zero-order valence-electron chi connectivity index (χ0n) is 12.9. The van der Waals surface area contributed by atoms with E-state index in [4.69, 9.17) is 5.11 Å². The largest absolute Gasteiger partial charge is 0.478 e. The first kappa shape index (κ1) is 17.6. The number of aromatic carboxylic acids is 1. The number of hydrogen-bond acceptors (Lipinski definition) is 3. The van der Waals surface area contributed by atoms with Gasteiger partial charge in [-0.25, -0.2) is 4.79 Å². The molecule has 1 N–H and O–H groups in total. The highest BCUT2D eigenvalue weighted by Gasteiger charge is 2.10.